The molecule has 8 nitrogen and oxygen atoms in total. The molecule has 0 aromatic heterocycles. The van der Waals surface area contributed by atoms with Crippen molar-refractivity contribution in [3.8, 4) is 0 Å². The molecule has 0 spiro atoms. The van der Waals surface area contributed by atoms with Gasteiger partial charge in [-0.1, -0.05) is 55.4 Å². The van der Waals surface area contributed by atoms with E-state index in [1.807, 2.05) is 0 Å². The first kappa shape index (κ1) is 44.7. The van der Waals surface area contributed by atoms with Crippen molar-refractivity contribution in [2.75, 3.05) is 56.4 Å². The van der Waals surface area contributed by atoms with Crippen LogP contribution in [0.3, 0.4) is 0 Å². The third-order valence-corrected chi connectivity index (χ3v) is 9.90. The second-order valence-corrected chi connectivity index (χ2v) is 15.8. The third-order valence-electron chi connectivity index (χ3n) is 2.40. The van der Waals surface area contributed by atoms with Crippen molar-refractivity contribution in [1.29, 1.82) is 0 Å². The summed E-state index contributed by atoms with van der Waals surface area (Å²) in [5.41, 5.74) is 0. The first-order valence-electron chi connectivity index (χ1n) is 10.0. The van der Waals surface area contributed by atoms with Gasteiger partial charge in [-0.05, 0) is 0 Å². The molecule has 0 aromatic carbocycles. The van der Waals surface area contributed by atoms with Crippen molar-refractivity contribution in [3.63, 3.8) is 0 Å². The summed E-state index contributed by atoms with van der Waals surface area (Å²) in [6, 6.07) is 0. The van der Waals surface area contributed by atoms with Crippen LogP contribution in [-0.2, 0) is 39.3 Å². The summed E-state index contributed by atoms with van der Waals surface area (Å²) >= 11 is -2.33. The first-order chi connectivity index (χ1) is 12.7. The van der Waals surface area contributed by atoms with Crippen LogP contribution in [0.5, 0.6) is 0 Å². The molecule has 0 amide bonds. The van der Waals surface area contributed by atoms with Crippen LogP contribution in [0.4, 0.5) is 0 Å². The van der Waals surface area contributed by atoms with Crippen LogP contribution in [0.15, 0.2) is 0 Å². The van der Waals surface area contributed by atoms with Gasteiger partial charge in [0.2, 0.25) is 0 Å². The average molecular weight is 508 g/mol. The SMILES string of the molecule is CC(C)[O-].CC(C)[O-].CC(C)[O-].CC(C)[O-].C[N](C)[Ti]([N](C)C)([N](C)C)[N](C)C.[Ti+4]. The van der Waals surface area contributed by atoms with E-state index in [0.717, 1.165) is 0 Å². The maximum Gasteiger partial charge on any atom is 4.00 e. The topological polar surface area (TPSA) is 105 Å². The van der Waals surface area contributed by atoms with Crippen molar-refractivity contribution in [3.05, 3.63) is 0 Å². The van der Waals surface area contributed by atoms with Gasteiger partial charge in [-0.25, -0.2) is 0 Å². The zero-order valence-electron chi connectivity index (χ0n) is 22.7. The summed E-state index contributed by atoms with van der Waals surface area (Å²) in [5.74, 6) is 0. The maximum atomic E-state index is 9.53. The molecule has 0 atom stereocenters. The predicted molar refractivity (Wildman–Crippen MR) is 115 cm³/mol. The Morgan fingerprint density at radius 2 is 0.467 bits per heavy atom. The van der Waals surface area contributed by atoms with Gasteiger partial charge >= 0.3 is 109 Å². The molecular weight excluding hydrogens is 456 g/mol. The Labute approximate surface area is 208 Å². The first-order valence-corrected chi connectivity index (χ1v) is 12.8. The molecule has 0 rings (SSSR count). The largest absolute Gasteiger partial charge is 4.00 e. The zero-order valence-corrected chi connectivity index (χ0v) is 25.9. The Balaban J connectivity index is -0.0000000700. The molecule has 184 valence electrons. The fraction of sp³-hybridized carbons (Fsp3) is 1.00. The van der Waals surface area contributed by atoms with Crippen molar-refractivity contribution in [2.45, 2.75) is 79.8 Å². The van der Waals surface area contributed by atoms with Crippen LogP contribution in [-0.4, -0.2) is 94.3 Å². The molecule has 0 aliphatic rings. The van der Waals surface area contributed by atoms with Crippen LogP contribution in [0.25, 0.3) is 0 Å². The summed E-state index contributed by atoms with van der Waals surface area (Å²) < 4.78 is 9.50. The van der Waals surface area contributed by atoms with Gasteiger partial charge in [0.15, 0.2) is 0 Å². The second kappa shape index (κ2) is 26.4. The molecular formula is C20H52N4O4Ti2. The van der Waals surface area contributed by atoms with Gasteiger partial charge < -0.3 is 20.4 Å². The van der Waals surface area contributed by atoms with E-state index in [4.69, 9.17) is 0 Å². The van der Waals surface area contributed by atoms with Crippen LogP contribution in [0.2, 0.25) is 0 Å². The molecule has 0 aromatic rings. The minimum atomic E-state index is -2.33. The Morgan fingerprint density at radius 1 is 0.400 bits per heavy atom. The van der Waals surface area contributed by atoms with E-state index in [2.05, 4.69) is 69.9 Å². The number of hydrogen-bond donors (Lipinski definition) is 0. The molecule has 0 aliphatic carbocycles. The maximum absolute atomic E-state index is 9.53. The van der Waals surface area contributed by atoms with Crippen LogP contribution >= 0.6 is 0 Å². The van der Waals surface area contributed by atoms with Gasteiger partial charge in [0.1, 0.15) is 0 Å². The van der Waals surface area contributed by atoms with Gasteiger partial charge in [0.05, 0.1) is 0 Å². The molecule has 0 aliphatic heterocycles. The molecule has 0 saturated heterocycles. The van der Waals surface area contributed by atoms with Gasteiger partial charge in [0.25, 0.3) is 0 Å². The normalized spacial score (nSPS) is 10.8. The second-order valence-electron chi connectivity index (χ2n) is 8.37. The molecule has 0 unspecified atom stereocenters. The fourth-order valence-electron chi connectivity index (χ4n) is 2.40. The van der Waals surface area contributed by atoms with Crippen LogP contribution in [0.1, 0.15) is 55.4 Å². The monoisotopic (exact) mass is 508 g/mol. The summed E-state index contributed by atoms with van der Waals surface area (Å²) in [6.07, 6.45) is -1.67. The van der Waals surface area contributed by atoms with Gasteiger partial charge in [-0.3, -0.25) is 0 Å². The smallest absolute Gasteiger partial charge is 4.00 e. The van der Waals surface area contributed by atoms with E-state index < -0.39 is 42.0 Å². The number of rotatable bonds is 4. The van der Waals surface area contributed by atoms with Crippen LogP contribution in [0, 0.1) is 0 Å². The van der Waals surface area contributed by atoms with E-state index in [1.54, 1.807) is 55.4 Å². The molecule has 0 bridgehead atoms. The van der Waals surface area contributed by atoms with E-state index in [-0.39, 0.29) is 21.7 Å². The van der Waals surface area contributed by atoms with Crippen LogP contribution < -0.4 is 20.4 Å². The summed E-state index contributed by atoms with van der Waals surface area (Å²) in [7, 11) is 17.3. The van der Waals surface area contributed by atoms with Crippen molar-refractivity contribution < 1.29 is 59.8 Å². The minimum absolute atomic E-state index is 0. The predicted octanol–water partition coefficient (Wildman–Crippen LogP) is -0.935. The molecule has 10 heteroatoms. The van der Waals surface area contributed by atoms with Crippen molar-refractivity contribution >= 4 is 0 Å². The van der Waals surface area contributed by atoms with Crippen molar-refractivity contribution in [1.82, 2.24) is 13.5 Å². The van der Waals surface area contributed by atoms with E-state index >= 15 is 0 Å². The molecule has 0 fully saturated rings. The van der Waals surface area contributed by atoms with Gasteiger partial charge in [-0.2, -0.15) is 0 Å². The standard InChI is InChI=1S/4C3H7O.4C2H6N.2Ti/c4*1-3(2)4;4*1-3-2;;/h4*3H,1-2H3;4*1-2H3;;/q8*-1;2*+4. The van der Waals surface area contributed by atoms with Gasteiger partial charge in [-0.15, -0.1) is 24.4 Å². The Bertz CT molecular complexity index is 247. The average Bonchev–Trinajstić information content (AvgIpc) is 2.33. The molecule has 0 N–H and O–H groups in total. The molecule has 0 radical (unpaired) electrons. The fourth-order valence-corrected chi connectivity index (χ4v) is 9.90. The number of nitrogens with zero attached hydrogens (tertiary/aromatic N) is 4. The van der Waals surface area contributed by atoms with Crippen molar-refractivity contribution in [2.24, 2.45) is 0 Å². The molecule has 0 saturated carbocycles. The zero-order chi connectivity index (χ0) is 25.1. The summed E-state index contributed by atoms with van der Waals surface area (Å²) in [5, 5.41) is 38.1. The third kappa shape index (κ3) is 36.5. The minimum Gasteiger partial charge on any atom is 4.00 e. The van der Waals surface area contributed by atoms with E-state index in [9.17, 15) is 20.4 Å². The Kier molecular flexibility index (Phi) is 39.3. The summed E-state index contributed by atoms with van der Waals surface area (Å²) in [4.78, 5) is 0. The number of hydrogen-bond acceptors (Lipinski definition) is 8. The Hall–Kier alpha value is 1.11. The van der Waals surface area contributed by atoms with Gasteiger partial charge in [0, 0.05) is 0 Å². The van der Waals surface area contributed by atoms with E-state index in [1.165, 1.54) is 0 Å². The molecule has 0 heterocycles. The molecule has 30 heavy (non-hydrogen) atoms. The summed E-state index contributed by atoms with van der Waals surface area (Å²) in [6.45, 7) is 12.9. The van der Waals surface area contributed by atoms with E-state index in [0.29, 0.717) is 0 Å². The quantitative estimate of drug-likeness (QED) is 0.449. The Morgan fingerprint density at radius 3 is 0.467 bits per heavy atom.